The predicted octanol–water partition coefficient (Wildman–Crippen LogP) is 1.14. The number of rotatable bonds is 6. The Morgan fingerprint density at radius 3 is 2.75 bits per heavy atom. The van der Waals surface area contributed by atoms with Gasteiger partial charge in [0.05, 0.1) is 0 Å². The van der Waals surface area contributed by atoms with Crippen molar-refractivity contribution in [2.75, 3.05) is 31.1 Å². The van der Waals surface area contributed by atoms with Gasteiger partial charge in [-0.05, 0) is 25.7 Å². The quantitative estimate of drug-likeness (QED) is 0.531. The standard InChI is InChI=1S/C13H23N5O2/c1-9(10-3-5-20-6-4-10)15-11-7-12(18-14)17-13(16-11)8-19-2/h7,9-10H,3-6,8,14H2,1-2H3,(H2,15,16,17,18). The molecule has 20 heavy (non-hydrogen) atoms. The molecule has 1 aromatic rings. The fraction of sp³-hybridized carbons (Fsp3) is 0.692. The molecule has 1 aromatic heterocycles. The van der Waals surface area contributed by atoms with E-state index in [0.717, 1.165) is 31.9 Å². The Bertz CT molecular complexity index is 423. The Morgan fingerprint density at radius 1 is 1.40 bits per heavy atom. The van der Waals surface area contributed by atoms with E-state index < -0.39 is 0 Å². The summed E-state index contributed by atoms with van der Waals surface area (Å²) >= 11 is 0. The number of ether oxygens (including phenoxy) is 2. The molecule has 0 amide bonds. The third-order valence-electron chi connectivity index (χ3n) is 3.54. The third kappa shape index (κ3) is 4.03. The van der Waals surface area contributed by atoms with E-state index in [4.69, 9.17) is 15.3 Å². The topological polar surface area (TPSA) is 94.3 Å². The number of nitrogen functional groups attached to an aromatic ring is 1. The summed E-state index contributed by atoms with van der Waals surface area (Å²) in [5.74, 6) is 7.97. The molecule has 0 bridgehead atoms. The number of hydrogen-bond acceptors (Lipinski definition) is 7. The first-order chi connectivity index (χ1) is 9.72. The smallest absolute Gasteiger partial charge is 0.158 e. The molecule has 7 heteroatoms. The first-order valence-corrected chi connectivity index (χ1v) is 6.90. The first kappa shape index (κ1) is 15.0. The maximum atomic E-state index is 5.43. The van der Waals surface area contributed by atoms with Gasteiger partial charge in [0, 0.05) is 32.4 Å². The zero-order valence-electron chi connectivity index (χ0n) is 12.1. The maximum Gasteiger partial charge on any atom is 0.158 e. The highest BCUT2D eigenvalue weighted by molar-refractivity contribution is 5.47. The molecular formula is C13H23N5O2. The van der Waals surface area contributed by atoms with Crippen molar-refractivity contribution in [3.63, 3.8) is 0 Å². The Balaban J connectivity index is 2.04. The van der Waals surface area contributed by atoms with Gasteiger partial charge < -0.3 is 20.2 Å². The van der Waals surface area contributed by atoms with Crippen LogP contribution in [-0.4, -0.2) is 36.3 Å². The van der Waals surface area contributed by atoms with Crippen molar-refractivity contribution in [3.8, 4) is 0 Å². The second-order valence-electron chi connectivity index (χ2n) is 5.01. The number of hydrazine groups is 1. The molecule has 112 valence electrons. The van der Waals surface area contributed by atoms with Crippen molar-refractivity contribution in [2.45, 2.75) is 32.4 Å². The summed E-state index contributed by atoms with van der Waals surface area (Å²) in [5.41, 5.74) is 2.55. The molecule has 1 atom stereocenters. The van der Waals surface area contributed by atoms with Gasteiger partial charge in [0.25, 0.3) is 0 Å². The van der Waals surface area contributed by atoms with Crippen LogP contribution in [0.5, 0.6) is 0 Å². The van der Waals surface area contributed by atoms with Crippen LogP contribution >= 0.6 is 0 Å². The van der Waals surface area contributed by atoms with Crippen molar-refractivity contribution < 1.29 is 9.47 Å². The van der Waals surface area contributed by atoms with Crippen LogP contribution in [0, 0.1) is 5.92 Å². The van der Waals surface area contributed by atoms with Gasteiger partial charge in [-0.25, -0.2) is 15.8 Å². The van der Waals surface area contributed by atoms with Crippen molar-refractivity contribution in [1.29, 1.82) is 0 Å². The lowest BCUT2D eigenvalue weighted by atomic mass is 9.93. The van der Waals surface area contributed by atoms with Crippen LogP contribution in [0.3, 0.4) is 0 Å². The number of nitrogens with one attached hydrogen (secondary N) is 2. The lowest BCUT2D eigenvalue weighted by Crippen LogP contribution is -2.31. The lowest BCUT2D eigenvalue weighted by molar-refractivity contribution is 0.0622. The molecule has 0 radical (unpaired) electrons. The number of nitrogens with zero attached hydrogens (tertiary/aromatic N) is 2. The van der Waals surface area contributed by atoms with Crippen molar-refractivity contribution in [3.05, 3.63) is 11.9 Å². The largest absolute Gasteiger partial charge is 0.381 e. The molecule has 1 aliphatic heterocycles. The summed E-state index contributed by atoms with van der Waals surface area (Å²) in [6.07, 6.45) is 2.15. The lowest BCUT2D eigenvalue weighted by Gasteiger charge is -2.28. The van der Waals surface area contributed by atoms with Gasteiger partial charge in [-0.3, -0.25) is 0 Å². The zero-order chi connectivity index (χ0) is 14.4. The Hall–Kier alpha value is -1.44. The molecule has 7 nitrogen and oxygen atoms in total. The van der Waals surface area contributed by atoms with Crippen molar-refractivity contribution in [1.82, 2.24) is 9.97 Å². The number of nitrogens with two attached hydrogens (primary N) is 1. The molecule has 1 aliphatic rings. The van der Waals surface area contributed by atoms with Gasteiger partial charge in [0.1, 0.15) is 18.2 Å². The first-order valence-electron chi connectivity index (χ1n) is 6.90. The minimum Gasteiger partial charge on any atom is -0.381 e. The van der Waals surface area contributed by atoms with Crippen LogP contribution in [0.25, 0.3) is 0 Å². The SMILES string of the molecule is COCc1nc(NN)cc(NC(C)C2CCOCC2)n1. The molecular weight excluding hydrogens is 258 g/mol. The van der Waals surface area contributed by atoms with E-state index in [9.17, 15) is 0 Å². The highest BCUT2D eigenvalue weighted by Crippen LogP contribution is 2.22. The minimum atomic E-state index is 0.329. The van der Waals surface area contributed by atoms with E-state index in [2.05, 4.69) is 27.6 Å². The monoisotopic (exact) mass is 281 g/mol. The molecule has 2 rings (SSSR count). The summed E-state index contributed by atoms with van der Waals surface area (Å²) < 4.78 is 10.5. The van der Waals surface area contributed by atoms with Gasteiger partial charge in [0.15, 0.2) is 5.82 Å². The number of hydrogen-bond donors (Lipinski definition) is 3. The average molecular weight is 281 g/mol. The van der Waals surface area contributed by atoms with Crippen LogP contribution in [0.2, 0.25) is 0 Å². The van der Waals surface area contributed by atoms with E-state index in [1.807, 2.05) is 0 Å². The zero-order valence-corrected chi connectivity index (χ0v) is 12.1. The predicted molar refractivity (Wildman–Crippen MR) is 77.2 cm³/mol. The van der Waals surface area contributed by atoms with Gasteiger partial charge in [-0.2, -0.15) is 0 Å². The van der Waals surface area contributed by atoms with Crippen molar-refractivity contribution >= 4 is 11.6 Å². The Kier molecular flexibility index (Phi) is 5.51. The molecule has 1 saturated heterocycles. The van der Waals surface area contributed by atoms with Gasteiger partial charge in [-0.15, -0.1) is 0 Å². The van der Waals surface area contributed by atoms with Gasteiger partial charge in [-0.1, -0.05) is 0 Å². The summed E-state index contributed by atoms with van der Waals surface area (Å²) in [7, 11) is 1.61. The number of anilines is 2. The maximum absolute atomic E-state index is 5.43. The second-order valence-corrected chi connectivity index (χ2v) is 5.01. The molecule has 2 heterocycles. The van der Waals surface area contributed by atoms with Crippen LogP contribution in [0.4, 0.5) is 11.6 Å². The highest BCUT2D eigenvalue weighted by atomic mass is 16.5. The van der Waals surface area contributed by atoms with Crippen LogP contribution in [-0.2, 0) is 16.1 Å². The molecule has 4 N–H and O–H groups in total. The molecule has 0 saturated carbocycles. The normalized spacial score (nSPS) is 17.8. The van der Waals surface area contributed by atoms with E-state index in [0.29, 0.717) is 30.2 Å². The fourth-order valence-electron chi connectivity index (χ4n) is 2.41. The van der Waals surface area contributed by atoms with Crippen molar-refractivity contribution in [2.24, 2.45) is 11.8 Å². The van der Waals surface area contributed by atoms with E-state index in [1.165, 1.54) is 0 Å². The summed E-state index contributed by atoms with van der Waals surface area (Å²) in [4.78, 5) is 8.66. The summed E-state index contributed by atoms with van der Waals surface area (Å²) in [6.45, 7) is 4.20. The van der Waals surface area contributed by atoms with Crippen LogP contribution in [0.15, 0.2) is 6.07 Å². The Labute approximate surface area is 119 Å². The Morgan fingerprint density at radius 2 is 2.10 bits per heavy atom. The minimum absolute atomic E-state index is 0.329. The highest BCUT2D eigenvalue weighted by Gasteiger charge is 2.21. The second kappa shape index (κ2) is 7.37. The molecule has 1 unspecified atom stereocenters. The summed E-state index contributed by atoms with van der Waals surface area (Å²) in [6, 6.07) is 2.13. The summed E-state index contributed by atoms with van der Waals surface area (Å²) in [5, 5.41) is 3.43. The molecule has 0 aliphatic carbocycles. The molecule has 0 spiro atoms. The number of methoxy groups -OCH3 is 1. The fourth-order valence-corrected chi connectivity index (χ4v) is 2.41. The van der Waals surface area contributed by atoms with Gasteiger partial charge in [0.2, 0.25) is 0 Å². The number of aromatic nitrogens is 2. The van der Waals surface area contributed by atoms with Crippen LogP contribution in [0.1, 0.15) is 25.6 Å². The van der Waals surface area contributed by atoms with Crippen LogP contribution < -0.4 is 16.6 Å². The average Bonchev–Trinajstić information content (AvgIpc) is 2.48. The molecule has 0 aromatic carbocycles. The molecule has 1 fully saturated rings. The van der Waals surface area contributed by atoms with E-state index in [-0.39, 0.29) is 0 Å². The third-order valence-corrected chi connectivity index (χ3v) is 3.54. The van der Waals surface area contributed by atoms with E-state index in [1.54, 1.807) is 13.2 Å². The van der Waals surface area contributed by atoms with E-state index >= 15 is 0 Å². The van der Waals surface area contributed by atoms with Gasteiger partial charge >= 0.3 is 0 Å².